The monoisotopic (exact) mass is 219 g/mol. The molecule has 0 amide bonds. The van der Waals surface area contributed by atoms with Crippen LogP contribution in [0.15, 0.2) is 24.3 Å². The maximum absolute atomic E-state index is 7.23. The highest BCUT2D eigenvalue weighted by Gasteiger charge is 2.13. The highest BCUT2D eigenvalue weighted by molar-refractivity contribution is 5.27. The van der Waals surface area contributed by atoms with Gasteiger partial charge in [0, 0.05) is 19.0 Å². The molecule has 2 N–H and O–H groups in total. The minimum absolute atomic E-state index is 0.340. The molecule has 3 heteroatoms. The van der Waals surface area contributed by atoms with Crippen molar-refractivity contribution >= 4 is 0 Å². The van der Waals surface area contributed by atoms with Crippen molar-refractivity contribution in [1.29, 1.82) is 0 Å². The summed E-state index contributed by atoms with van der Waals surface area (Å²) in [6.07, 6.45) is 2.52. The Labute approximate surface area is 97.0 Å². The molecule has 2 rings (SSSR count). The lowest BCUT2D eigenvalue weighted by Crippen LogP contribution is -2.33. The van der Waals surface area contributed by atoms with Crippen LogP contribution < -0.4 is 15.8 Å². The van der Waals surface area contributed by atoms with Gasteiger partial charge in [-0.05, 0) is 37.1 Å². The van der Waals surface area contributed by atoms with Gasteiger partial charge in [-0.2, -0.15) is 0 Å². The van der Waals surface area contributed by atoms with Crippen molar-refractivity contribution < 1.29 is 4.74 Å². The second kappa shape index (κ2) is 5.87. The molecule has 1 saturated heterocycles. The normalized spacial score (nSPS) is 20.7. The van der Waals surface area contributed by atoms with Gasteiger partial charge >= 0.3 is 0 Å². The molecule has 1 unspecified atom stereocenters. The molecule has 1 fully saturated rings. The lowest BCUT2D eigenvalue weighted by atomic mass is 10.0. The van der Waals surface area contributed by atoms with Crippen molar-refractivity contribution in [3.8, 4) is 5.75 Å². The Balaban J connectivity index is 1.79. The first kappa shape index (κ1) is 11.4. The van der Waals surface area contributed by atoms with Crippen LogP contribution in [-0.2, 0) is 6.54 Å². The van der Waals surface area contributed by atoms with E-state index in [2.05, 4.69) is 5.32 Å². The molecule has 3 nitrogen and oxygen atoms in total. The van der Waals surface area contributed by atoms with E-state index in [1.165, 1.54) is 12.8 Å². The average Bonchev–Trinajstić information content (AvgIpc) is 2.38. The van der Waals surface area contributed by atoms with Gasteiger partial charge in [-0.25, -0.2) is 0 Å². The zero-order valence-corrected chi connectivity index (χ0v) is 9.54. The van der Waals surface area contributed by atoms with E-state index >= 15 is 0 Å². The zero-order valence-electron chi connectivity index (χ0n) is 9.54. The van der Waals surface area contributed by atoms with E-state index in [9.17, 15) is 0 Å². The quantitative estimate of drug-likeness (QED) is 0.840. The summed E-state index contributed by atoms with van der Waals surface area (Å²) < 4.78 is 5.74. The number of ether oxygens (including phenoxy) is 1. The van der Waals surface area contributed by atoms with Crippen molar-refractivity contribution in [2.45, 2.75) is 19.4 Å². The molecule has 1 atom stereocenters. The first-order valence-corrected chi connectivity index (χ1v) is 5.95. The topological polar surface area (TPSA) is 45.1 Å². The molecule has 16 heavy (non-hydrogen) atoms. The first-order chi connectivity index (χ1) is 7.88. The molecule has 1 radical (unpaired) electrons. The van der Waals surface area contributed by atoms with Gasteiger partial charge < -0.3 is 10.1 Å². The third-order valence-electron chi connectivity index (χ3n) is 3.01. The highest BCUT2D eigenvalue weighted by atomic mass is 16.5. The fourth-order valence-corrected chi connectivity index (χ4v) is 1.98. The molecule has 0 saturated carbocycles. The standard InChI is InChI=1S/C13H19N2O/c14-8-11-3-5-13(6-4-11)16-10-12-2-1-7-15-9-12/h3-6,12,14-15H,1-2,7-10H2. The minimum atomic E-state index is 0.340. The van der Waals surface area contributed by atoms with Crippen LogP contribution in [0.25, 0.3) is 0 Å². The molecule has 0 aliphatic carbocycles. The largest absolute Gasteiger partial charge is 0.493 e. The van der Waals surface area contributed by atoms with E-state index < -0.39 is 0 Å². The summed E-state index contributed by atoms with van der Waals surface area (Å²) in [5.41, 5.74) is 8.26. The predicted octanol–water partition coefficient (Wildman–Crippen LogP) is 1.85. The lowest BCUT2D eigenvalue weighted by Gasteiger charge is -2.22. The number of benzene rings is 1. The Kier molecular flexibility index (Phi) is 4.19. The summed E-state index contributed by atoms with van der Waals surface area (Å²) in [4.78, 5) is 0. The van der Waals surface area contributed by atoms with Gasteiger partial charge in [0.1, 0.15) is 5.75 Å². The third kappa shape index (κ3) is 3.22. The number of rotatable bonds is 4. The van der Waals surface area contributed by atoms with Crippen LogP contribution in [0.3, 0.4) is 0 Å². The molecule has 1 aliphatic rings. The summed E-state index contributed by atoms with van der Waals surface area (Å²) in [6.45, 7) is 3.36. The molecule has 0 spiro atoms. The number of nitrogens with one attached hydrogen (secondary N) is 2. The molecule has 1 aromatic carbocycles. The van der Waals surface area contributed by atoms with Crippen LogP contribution in [0.4, 0.5) is 0 Å². The zero-order chi connectivity index (χ0) is 11.2. The van der Waals surface area contributed by atoms with Crippen LogP contribution in [0, 0.1) is 5.92 Å². The Hall–Kier alpha value is -1.06. The SMILES string of the molecule is [NH]Cc1ccc(OCC2CCCNC2)cc1. The Morgan fingerprint density at radius 2 is 2.12 bits per heavy atom. The highest BCUT2D eigenvalue weighted by Crippen LogP contribution is 2.15. The molecular weight excluding hydrogens is 200 g/mol. The molecule has 1 heterocycles. The van der Waals surface area contributed by atoms with Crippen LogP contribution >= 0.6 is 0 Å². The van der Waals surface area contributed by atoms with Gasteiger partial charge in [-0.1, -0.05) is 12.1 Å². The van der Waals surface area contributed by atoms with Crippen molar-refractivity contribution in [2.24, 2.45) is 5.92 Å². The van der Waals surface area contributed by atoms with E-state index in [1.807, 2.05) is 24.3 Å². The van der Waals surface area contributed by atoms with Gasteiger partial charge in [-0.3, -0.25) is 5.73 Å². The van der Waals surface area contributed by atoms with Crippen LogP contribution in [0.5, 0.6) is 5.75 Å². The van der Waals surface area contributed by atoms with Crippen LogP contribution in [0.2, 0.25) is 0 Å². The molecule has 0 aromatic heterocycles. The first-order valence-electron chi connectivity index (χ1n) is 5.95. The van der Waals surface area contributed by atoms with E-state index in [0.717, 1.165) is 31.0 Å². The van der Waals surface area contributed by atoms with Crippen molar-refractivity contribution in [2.75, 3.05) is 19.7 Å². The predicted molar refractivity (Wildman–Crippen MR) is 64.3 cm³/mol. The Bertz CT molecular complexity index is 304. The van der Waals surface area contributed by atoms with Crippen molar-refractivity contribution in [3.05, 3.63) is 29.8 Å². The van der Waals surface area contributed by atoms with Gasteiger partial charge in [0.25, 0.3) is 0 Å². The molecule has 1 aromatic rings. The number of hydrogen-bond donors (Lipinski definition) is 1. The molecule has 0 bridgehead atoms. The van der Waals surface area contributed by atoms with Gasteiger partial charge in [0.15, 0.2) is 0 Å². The second-order valence-corrected chi connectivity index (χ2v) is 4.34. The van der Waals surface area contributed by atoms with Crippen molar-refractivity contribution in [3.63, 3.8) is 0 Å². The number of piperidine rings is 1. The Morgan fingerprint density at radius 3 is 2.75 bits per heavy atom. The van der Waals surface area contributed by atoms with E-state index in [0.29, 0.717) is 12.5 Å². The minimum Gasteiger partial charge on any atom is -0.493 e. The average molecular weight is 219 g/mol. The van der Waals surface area contributed by atoms with E-state index in [4.69, 9.17) is 10.5 Å². The molecule has 87 valence electrons. The lowest BCUT2D eigenvalue weighted by molar-refractivity contribution is 0.218. The third-order valence-corrected chi connectivity index (χ3v) is 3.01. The summed E-state index contributed by atoms with van der Waals surface area (Å²) >= 11 is 0. The van der Waals surface area contributed by atoms with Gasteiger partial charge in [0.05, 0.1) is 6.61 Å². The van der Waals surface area contributed by atoms with E-state index in [1.54, 1.807) is 0 Å². The summed E-state index contributed by atoms with van der Waals surface area (Å²) in [6, 6.07) is 7.84. The maximum Gasteiger partial charge on any atom is 0.119 e. The fourth-order valence-electron chi connectivity index (χ4n) is 1.98. The van der Waals surface area contributed by atoms with E-state index in [-0.39, 0.29) is 0 Å². The van der Waals surface area contributed by atoms with Gasteiger partial charge in [0.2, 0.25) is 0 Å². The van der Waals surface area contributed by atoms with Crippen LogP contribution in [0.1, 0.15) is 18.4 Å². The smallest absolute Gasteiger partial charge is 0.119 e. The molecule has 1 aliphatic heterocycles. The summed E-state index contributed by atoms with van der Waals surface area (Å²) in [5.74, 6) is 1.56. The van der Waals surface area contributed by atoms with Crippen molar-refractivity contribution in [1.82, 2.24) is 11.1 Å². The molecular formula is C13H19N2O. The summed E-state index contributed by atoms with van der Waals surface area (Å²) in [7, 11) is 0. The van der Waals surface area contributed by atoms with Gasteiger partial charge in [-0.15, -0.1) is 0 Å². The Morgan fingerprint density at radius 1 is 1.31 bits per heavy atom. The maximum atomic E-state index is 7.23. The van der Waals surface area contributed by atoms with Crippen LogP contribution in [-0.4, -0.2) is 19.7 Å². The fraction of sp³-hybridized carbons (Fsp3) is 0.538. The second-order valence-electron chi connectivity index (χ2n) is 4.34. The number of hydrogen-bond acceptors (Lipinski definition) is 2. The summed E-state index contributed by atoms with van der Waals surface area (Å²) in [5, 5.41) is 3.38.